The van der Waals surface area contributed by atoms with Gasteiger partial charge >= 0.3 is 19.6 Å². The summed E-state index contributed by atoms with van der Waals surface area (Å²) < 4.78 is 29.1. The lowest BCUT2D eigenvalue weighted by Gasteiger charge is -2.23. The fraction of sp³-hybridized carbons (Fsp3) is 0.333. The molecule has 0 radical (unpaired) electrons. The van der Waals surface area contributed by atoms with E-state index in [4.69, 9.17) is 14.0 Å². The molecule has 0 spiro atoms. The number of esters is 1. The minimum atomic E-state index is -3.53. The Hall–Kier alpha value is -2.83. The SMILES string of the molecule is CCOC(=O)[C@H](C)NP(=O)(CCNC(=O)OCc1ccccc1)Oc1ccccc1. The number of rotatable bonds is 11. The quantitative estimate of drug-likeness (QED) is 0.410. The first kappa shape index (κ1) is 23.4. The molecule has 1 amide bonds. The predicted molar refractivity (Wildman–Crippen MR) is 113 cm³/mol. The van der Waals surface area contributed by atoms with Gasteiger partial charge in [-0.25, -0.2) is 9.88 Å². The highest BCUT2D eigenvalue weighted by atomic mass is 31.2. The first-order valence-corrected chi connectivity index (χ1v) is 11.5. The molecule has 1 unspecified atom stereocenters. The summed E-state index contributed by atoms with van der Waals surface area (Å²) in [7, 11) is -3.53. The summed E-state index contributed by atoms with van der Waals surface area (Å²) in [4.78, 5) is 23.8. The van der Waals surface area contributed by atoms with Crippen LogP contribution in [0.2, 0.25) is 0 Å². The van der Waals surface area contributed by atoms with Gasteiger partial charge in [0.2, 0.25) is 0 Å². The number of nitrogens with one attached hydrogen (secondary N) is 2. The van der Waals surface area contributed by atoms with Gasteiger partial charge in [-0.15, -0.1) is 0 Å². The number of benzene rings is 2. The van der Waals surface area contributed by atoms with Crippen LogP contribution in [0, 0.1) is 0 Å². The monoisotopic (exact) mass is 434 g/mol. The molecule has 0 aliphatic heterocycles. The molecule has 2 aromatic rings. The molecule has 0 aliphatic rings. The zero-order chi connectivity index (χ0) is 21.8. The largest absolute Gasteiger partial charge is 0.465 e. The van der Waals surface area contributed by atoms with Gasteiger partial charge in [-0.3, -0.25) is 9.36 Å². The Labute approximate surface area is 176 Å². The second-order valence-corrected chi connectivity index (χ2v) is 8.63. The molecular formula is C21H27N2O6P. The standard InChI is InChI=1S/C21H27N2O6P/c1-3-27-20(24)17(2)23-30(26,29-19-12-8-5-9-13-19)15-14-22-21(25)28-16-18-10-6-4-7-11-18/h4-13,17H,3,14-16H2,1-2H3,(H,22,25)(H,23,26)/t17-,30?/m0/s1. The van der Waals surface area contributed by atoms with Crippen LogP contribution in [0.15, 0.2) is 60.7 Å². The van der Waals surface area contributed by atoms with Crippen molar-refractivity contribution in [3.63, 3.8) is 0 Å². The van der Waals surface area contributed by atoms with Crippen LogP contribution >= 0.6 is 7.52 Å². The van der Waals surface area contributed by atoms with Crippen LogP contribution in [0.4, 0.5) is 4.79 Å². The zero-order valence-electron chi connectivity index (χ0n) is 17.1. The molecule has 0 saturated heterocycles. The van der Waals surface area contributed by atoms with Crippen molar-refractivity contribution in [2.24, 2.45) is 0 Å². The van der Waals surface area contributed by atoms with E-state index in [-0.39, 0.29) is 25.9 Å². The number of hydrogen-bond acceptors (Lipinski definition) is 6. The minimum Gasteiger partial charge on any atom is -0.465 e. The molecule has 30 heavy (non-hydrogen) atoms. The van der Waals surface area contributed by atoms with Crippen molar-refractivity contribution >= 4 is 19.6 Å². The number of amides is 1. The van der Waals surface area contributed by atoms with Crippen LogP contribution in [0.25, 0.3) is 0 Å². The molecule has 9 heteroatoms. The number of para-hydroxylation sites is 1. The minimum absolute atomic E-state index is 0.0281. The van der Waals surface area contributed by atoms with Crippen molar-refractivity contribution < 1.29 is 28.2 Å². The summed E-state index contributed by atoms with van der Waals surface area (Å²) in [5, 5.41) is 5.28. The number of carbonyl (C=O) groups is 2. The van der Waals surface area contributed by atoms with E-state index in [2.05, 4.69) is 10.4 Å². The van der Waals surface area contributed by atoms with E-state index in [0.29, 0.717) is 5.75 Å². The van der Waals surface area contributed by atoms with Gasteiger partial charge in [0.05, 0.1) is 12.8 Å². The number of hydrogen-bond donors (Lipinski definition) is 2. The van der Waals surface area contributed by atoms with Gasteiger partial charge in [0.1, 0.15) is 18.4 Å². The molecule has 0 fully saturated rings. The fourth-order valence-electron chi connectivity index (χ4n) is 2.48. The molecular weight excluding hydrogens is 407 g/mol. The predicted octanol–water partition coefficient (Wildman–Crippen LogP) is 3.73. The van der Waals surface area contributed by atoms with E-state index in [9.17, 15) is 14.2 Å². The van der Waals surface area contributed by atoms with Gasteiger partial charge in [0.15, 0.2) is 0 Å². The Morgan fingerprint density at radius 2 is 1.63 bits per heavy atom. The summed E-state index contributed by atoms with van der Waals surface area (Å²) in [5.74, 6) is -0.152. The van der Waals surface area contributed by atoms with Gasteiger partial charge in [0, 0.05) is 6.54 Å². The third-order valence-corrected chi connectivity index (χ3v) is 6.01. The van der Waals surface area contributed by atoms with E-state index < -0.39 is 25.6 Å². The maximum absolute atomic E-state index is 13.3. The van der Waals surface area contributed by atoms with Crippen molar-refractivity contribution in [2.45, 2.75) is 26.5 Å². The van der Waals surface area contributed by atoms with Crippen molar-refractivity contribution in [1.82, 2.24) is 10.4 Å². The lowest BCUT2D eigenvalue weighted by molar-refractivity contribution is -0.144. The van der Waals surface area contributed by atoms with E-state index >= 15 is 0 Å². The van der Waals surface area contributed by atoms with Gasteiger partial charge in [-0.05, 0) is 31.5 Å². The highest BCUT2D eigenvalue weighted by molar-refractivity contribution is 7.57. The first-order chi connectivity index (χ1) is 14.4. The average Bonchev–Trinajstić information content (AvgIpc) is 2.73. The highest BCUT2D eigenvalue weighted by Gasteiger charge is 2.30. The Bertz CT molecular complexity index is 847. The summed E-state index contributed by atoms with van der Waals surface area (Å²) in [6.45, 7) is 3.60. The van der Waals surface area contributed by atoms with Crippen LogP contribution in [-0.2, 0) is 25.4 Å². The van der Waals surface area contributed by atoms with Crippen LogP contribution in [-0.4, -0.2) is 37.4 Å². The van der Waals surface area contributed by atoms with E-state index in [0.717, 1.165) is 5.56 Å². The van der Waals surface area contributed by atoms with Crippen LogP contribution in [0.3, 0.4) is 0 Å². The first-order valence-electron chi connectivity index (χ1n) is 9.64. The third-order valence-electron chi connectivity index (χ3n) is 3.91. The number of carbonyl (C=O) groups excluding carboxylic acids is 2. The molecule has 8 nitrogen and oxygen atoms in total. The molecule has 0 aromatic heterocycles. The lowest BCUT2D eigenvalue weighted by atomic mass is 10.2. The van der Waals surface area contributed by atoms with Crippen molar-refractivity contribution in [3.05, 3.63) is 66.2 Å². The van der Waals surface area contributed by atoms with E-state index in [1.54, 1.807) is 44.2 Å². The van der Waals surface area contributed by atoms with Crippen LogP contribution in [0.1, 0.15) is 19.4 Å². The van der Waals surface area contributed by atoms with Crippen molar-refractivity contribution in [2.75, 3.05) is 19.3 Å². The average molecular weight is 434 g/mol. The smallest absolute Gasteiger partial charge is 0.407 e. The molecule has 2 N–H and O–H groups in total. The normalized spacial score (nSPS) is 13.5. The molecule has 2 atom stereocenters. The third kappa shape index (κ3) is 8.27. The second kappa shape index (κ2) is 12.0. The van der Waals surface area contributed by atoms with Gasteiger partial charge in [-0.2, -0.15) is 0 Å². The zero-order valence-corrected chi connectivity index (χ0v) is 18.0. The number of alkyl carbamates (subject to hydrolysis) is 1. The van der Waals surface area contributed by atoms with Gasteiger partial charge < -0.3 is 19.3 Å². The fourth-order valence-corrected chi connectivity index (χ4v) is 4.32. The summed E-state index contributed by atoms with van der Waals surface area (Å²) >= 11 is 0. The second-order valence-electron chi connectivity index (χ2n) is 6.39. The maximum atomic E-state index is 13.3. The molecule has 2 aromatic carbocycles. The van der Waals surface area contributed by atoms with Crippen LogP contribution < -0.4 is 14.9 Å². The molecule has 0 saturated carbocycles. The van der Waals surface area contributed by atoms with Crippen molar-refractivity contribution in [3.8, 4) is 5.75 Å². The van der Waals surface area contributed by atoms with Gasteiger partial charge in [-0.1, -0.05) is 48.5 Å². The molecule has 0 aliphatic carbocycles. The Kier molecular flexibility index (Phi) is 9.38. The summed E-state index contributed by atoms with van der Waals surface area (Å²) in [6, 6.07) is 17.0. The highest BCUT2D eigenvalue weighted by Crippen LogP contribution is 2.43. The molecule has 0 bridgehead atoms. The Morgan fingerprint density at radius 1 is 1.00 bits per heavy atom. The van der Waals surface area contributed by atoms with E-state index in [1.807, 2.05) is 30.3 Å². The molecule has 0 heterocycles. The number of ether oxygens (including phenoxy) is 2. The summed E-state index contributed by atoms with van der Waals surface area (Å²) in [6.07, 6.45) is -0.685. The topological polar surface area (TPSA) is 103 Å². The lowest BCUT2D eigenvalue weighted by Crippen LogP contribution is -2.37. The van der Waals surface area contributed by atoms with Crippen LogP contribution in [0.5, 0.6) is 5.75 Å². The van der Waals surface area contributed by atoms with Gasteiger partial charge in [0.25, 0.3) is 0 Å². The molecule has 2 rings (SSSR count). The Morgan fingerprint density at radius 3 is 2.27 bits per heavy atom. The van der Waals surface area contributed by atoms with Crippen molar-refractivity contribution in [1.29, 1.82) is 0 Å². The molecule has 162 valence electrons. The maximum Gasteiger partial charge on any atom is 0.407 e. The Balaban J connectivity index is 1.92. The summed E-state index contributed by atoms with van der Waals surface area (Å²) in [5.41, 5.74) is 0.857. The van der Waals surface area contributed by atoms with E-state index in [1.165, 1.54) is 0 Å².